The van der Waals surface area contributed by atoms with Crippen LogP contribution in [0.15, 0.2) is 22.7 Å². The highest BCUT2D eigenvalue weighted by molar-refractivity contribution is 5.33. The third-order valence-electron chi connectivity index (χ3n) is 2.53. The molecule has 0 aliphatic rings. The Balaban J connectivity index is 2.01. The maximum Gasteiger partial charge on any atom is 0.264 e. The second-order valence-corrected chi connectivity index (χ2v) is 4.05. The Morgan fingerprint density at radius 3 is 3.00 bits per heavy atom. The first-order chi connectivity index (χ1) is 9.22. The van der Waals surface area contributed by atoms with Crippen molar-refractivity contribution in [2.75, 3.05) is 0 Å². The minimum atomic E-state index is -0.417. The molecular weight excluding hydrogens is 251 g/mol. The summed E-state index contributed by atoms with van der Waals surface area (Å²) in [5.41, 5.74) is 0.383. The number of ether oxygens (including phenoxy) is 1. The molecule has 0 atom stereocenters. The van der Waals surface area contributed by atoms with E-state index < -0.39 is 5.82 Å². The predicted octanol–water partition coefficient (Wildman–Crippen LogP) is 2.23. The number of hydrogen-bond donors (Lipinski definition) is 1. The summed E-state index contributed by atoms with van der Waals surface area (Å²) in [6.45, 7) is 1.83. The van der Waals surface area contributed by atoms with Crippen LogP contribution in [-0.4, -0.2) is 15.2 Å². The van der Waals surface area contributed by atoms with Gasteiger partial charge in [0.25, 0.3) is 5.89 Å². The summed E-state index contributed by atoms with van der Waals surface area (Å²) >= 11 is 0. The Bertz CT molecular complexity index is 542. The molecule has 0 unspecified atom stereocenters. The van der Waals surface area contributed by atoms with Gasteiger partial charge in [0.15, 0.2) is 12.4 Å². The van der Waals surface area contributed by atoms with Gasteiger partial charge in [0.2, 0.25) is 0 Å². The molecule has 1 aromatic carbocycles. The summed E-state index contributed by atoms with van der Waals surface area (Å²) in [5.74, 6) is 0.984. The van der Waals surface area contributed by atoms with Gasteiger partial charge in [0.05, 0.1) is 6.61 Å². The minimum absolute atomic E-state index is 0.0926. The number of halogens is 1. The van der Waals surface area contributed by atoms with E-state index >= 15 is 0 Å². The fraction of sp³-hybridized carbons (Fsp3) is 0.385. The number of aromatic nitrogens is 2. The number of benzene rings is 1. The van der Waals surface area contributed by atoms with E-state index in [9.17, 15) is 4.39 Å². The number of aliphatic hydroxyl groups excluding tert-OH is 1. The lowest BCUT2D eigenvalue weighted by atomic mass is 10.2. The molecule has 0 bridgehead atoms. The van der Waals surface area contributed by atoms with Crippen molar-refractivity contribution in [3.8, 4) is 5.75 Å². The normalized spacial score (nSPS) is 10.7. The van der Waals surface area contributed by atoms with Crippen LogP contribution in [0.5, 0.6) is 5.75 Å². The molecule has 0 saturated heterocycles. The molecule has 1 heterocycles. The van der Waals surface area contributed by atoms with Gasteiger partial charge in [-0.3, -0.25) is 0 Å². The van der Waals surface area contributed by atoms with Crippen molar-refractivity contribution in [1.82, 2.24) is 10.1 Å². The molecule has 0 spiro atoms. The monoisotopic (exact) mass is 266 g/mol. The zero-order chi connectivity index (χ0) is 13.7. The first-order valence-corrected chi connectivity index (χ1v) is 6.06. The van der Waals surface area contributed by atoms with Crippen molar-refractivity contribution in [2.24, 2.45) is 0 Å². The van der Waals surface area contributed by atoms with Crippen LogP contribution < -0.4 is 4.74 Å². The van der Waals surface area contributed by atoms with E-state index in [1.165, 1.54) is 18.2 Å². The summed E-state index contributed by atoms with van der Waals surface area (Å²) in [5, 5.41) is 12.9. The lowest BCUT2D eigenvalue weighted by molar-refractivity contribution is 0.228. The van der Waals surface area contributed by atoms with Crippen LogP contribution in [0.25, 0.3) is 0 Å². The van der Waals surface area contributed by atoms with Crippen LogP contribution >= 0.6 is 0 Å². The first-order valence-electron chi connectivity index (χ1n) is 6.06. The zero-order valence-corrected chi connectivity index (χ0v) is 10.6. The summed E-state index contributed by atoms with van der Waals surface area (Å²) in [7, 11) is 0. The zero-order valence-electron chi connectivity index (χ0n) is 10.6. The molecule has 5 nitrogen and oxygen atoms in total. The molecule has 0 aliphatic heterocycles. The van der Waals surface area contributed by atoms with Crippen molar-refractivity contribution in [3.05, 3.63) is 41.3 Å². The Kier molecular flexibility index (Phi) is 4.46. The lowest BCUT2D eigenvalue weighted by Crippen LogP contribution is -2.00. The van der Waals surface area contributed by atoms with Gasteiger partial charge < -0.3 is 14.4 Å². The van der Waals surface area contributed by atoms with Gasteiger partial charge in [0.1, 0.15) is 11.6 Å². The van der Waals surface area contributed by atoms with Gasteiger partial charge in [-0.2, -0.15) is 4.98 Å². The third-order valence-corrected chi connectivity index (χ3v) is 2.53. The van der Waals surface area contributed by atoms with E-state index in [0.29, 0.717) is 23.0 Å². The predicted molar refractivity (Wildman–Crippen MR) is 64.9 cm³/mol. The Morgan fingerprint density at radius 2 is 2.26 bits per heavy atom. The molecule has 0 amide bonds. The molecule has 1 N–H and O–H groups in total. The molecule has 19 heavy (non-hydrogen) atoms. The van der Waals surface area contributed by atoms with E-state index in [1.807, 2.05) is 6.92 Å². The molecule has 0 radical (unpaired) electrons. The van der Waals surface area contributed by atoms with Crippen LogP contribution in [0.4, 0.5) is 4.39 Å². The maximum absolute atomic E-state index is 13.0. The van der Waals surface area contributed by atoms with Crippen LogP contribution in [-0.2, 0) is 19.6 Å². The van der Waals surface area contributed by atoms with Gasteiger partial charge in [0, 0.05) is 12.0 Å². The lowest BCUT2D eigenvalue weighted by Gasteiger charge is -2.07. The van der Waals surface area contributed by atoms with Crippen LogP contribution in [0, 0.1) is 5.82 Å². The van der Waals surface area contributed by atoms with E-state index in [2.05, 4.69) is 10.1 Å². The molecule has 102 valence electrons. The third kappa shape index (κ3) is 3.51. The van der Waals surface area contributed by atoms with E-state index in [-0.39, 0.29) is 13.2 Å². The van der Waals surface area contributed by atoms with Crippen LogP contribution in [0.2, 0.25) is 0 Å². The molecule has 6 heteroatoms. The number of hydrogen-bond acceptors (Lipinski definition) is 5. The molecular formula is C13H15FN2O3. The number of nitrogens with zero attached hydrogens (tertiary/aromatic N) is 2. The average Bonchev–Trinajstić information content (AvgIpc) is 2.85. The van der Waals surface area contributed by atoms with Crippen molar-refractivity contribution in [2.45, 2.75) is 33.0 Å². The smallest absolute Gasteiger partial charge is 0.264 e. The summed E-state index contributed by atoms with van der Waals surface area (Å²) in [6.07, 6.45) is 1.69. The molecule has 0 aliphatic carbocycles. The fourth-order valence-corrected chi connectivity index (χ4v) is 1.63. The largest absolute Gasteiger partial charge is 0.483 e. The highest BCUT2D eigenvalue weighted by Crippen LogP contribution is 2.20. The van der Waals surface area contributed by atoms with Crippen LogP contribution in [0.3, 0.4) is 0 Å². The van der Waals surface area contributed by atoms with Crippen molar-refractivity contribution >= 4 is 0 Å². The molecule has 0 saturated carbocycles. The Hall–Kier alpha value is -1.95. The van der Waals surface area contributed by atoms with Crippen molar-refractivity contribution in [1.29, 1.82) is 0 Å². The standard InChI is InChI=1S/C13H15FN2O3/c1-2-3-12-15-13(19-16-12)8-18-11-5-4-10(14)6-9(11)7-17/h4-6,17H,2-3,7-8H2,1H3. The van der Waals surface area contributed by atoms with Crippen molar-refractivity contribution in [3.63, 3.8) is 0 Å². The summed E-state index contributed by atoms with van der Waals surface area (Å²) < 4.78 is 23.4. The van der Waals surface area contributed by atoms with Gasteiger partial charge in [-0.15, -0.1) is 0 Å². The van der Waals surface area contributed by atoms with Gasteiger partial charge >= 0.3 is 0 Å². The Morgan fingerprint density at radius 1 is 1.42 bits per heavy atom. The minimum Gasteiger partial charge on any atom is -0.483 e. The van der Waals surface area contributed by atoms with Crippen molar-refractivity contribution < 1.29 is 18.8 Å². The molecule has 0 fully saturated rings. The summed E-state index contributed by atoms with van der Waals surface area (Å²) in [4.78, 5) is 4.15. The maximum atomic E-state index is 13.0. The topological polar surface area (TPSA) is 68.4 Å². The SMILES string of the molecule is CCCc1noc(COc2ccc(F)cc2CO)n1. The fourth-order valence-electron chi connectivity index (χ4n) is 1.63. The highest BCUT2D eigenvalue weighted by Gasteiger charge is 2.09. The molecule has 1 aromatic heterocycles. The van der Waals surface area contributed by atoms with E-state index in [1.54, 1.807) is 0 Å². The second kappa shape index (κ2) is 6.29. The van der Waals surface area contributed by atoms with Gasteiger partial charge in [-0.1, -0.05) is 12.1 Å². The van der Waals surface area contributed by atoms with Gasteiger partial charge in [-0.05, 0) is 24.6 Å². The number of aryl methyl sites for hydroxylation is 1. The van der Waals surface area contributed by atoms with Gasteiger partial charge in [-0.25, -0.2) is 4.39 Å². The molecule has 2 aromatic rings. The first kappa shape index (κ1) is 13.5. The number of rotatable bonds is 6. The van der Waals surface area contributed by atoms with E-state index in [4.69, 9.17) is 14.4 Å². The van der Waals surface area contributed by atoms with Crippen LogP contribution in [0.1, 0.15) is 30.6 Å². The molecule has 2 rings (SSSR count). The second-order valence-electron chi connectivity index (χ2n) is 4.05. The van der Waals surface area contributed by atoms with E-state index in [0.717, 1.165) is 12.8 Å². The number of aliphatic hydroxyl groups is 1. The highest BCUT2D eigenvalue weighted by atomic mass is 19.1. The Labute approximate surface area is 110 Å². The summed E-state index contributed by atoms with van der Waals surface area (Å²) in [6, 6.07) is 3.96. The average molecular weight is 266 g/mol. The quantitative estimate of drug-likeness (QED) is 0.868.